The molecule has 128 valence electrons. The molecule has 0 aromatic rings. The van der Waals surface area contributed by atoms with Gasteiger partial charge >= 0.3 is 0 Å². The lowest BCUT2D eigenvalue weighted by molar-refractivity contribution is -0.131. The molecule has 2 N–H and O–H groups in total. The molecule has 1 aliphatic carbocycles. The lowest BCUT2D eigenvalue weighted by Crippen LogP contribution is -2.64. The van der Waals surface area contributed by atoms with Crippen molar-refractivity contribution < 1.29 is 4.79 Å². The minimum atomic E-state index is 0.0194. The molecule has 1 amide bonds. The van der Waals surface area contributed by atoms with Crippen LogP contribution in [0.25, 0.3) is 0 Å². The Labute approximate surface area is 136 Å². The van der Waals surface area contributed by atoms with Crippen molar-refractivity contribution in [2.45, 2.75) is 91.0 Å². The number of nitrogens with zero attached hydrogens (tertiary/aromatic N) is 1. The van der Waals surface area contributed by atoms with Crippen LogP contribution in [0.2, 0.25) is 0 Å². The maximum atomic E-state index is 12.4. The summed E-state index contributed by atoms with van der Waals surface area (Å²) in [6.07, 6.45) is 7.29. The topological polar surface area (TPSA) is 44.4 Å². The van der Waals surface area contributed by atoms with Crippen LogP contribution in [0.15, 0.2) is 0 Å². The first kappa shape index (κ1) is 17.7. The van der Waals surface area contributed by atoms with Crippen LogP contribution in [0.1, 0.15) is 66.7 Å². The van der Waals surface area contributed by atoms with Crippen molar-refractivity contribution in [1.29, 1.82) is 0 Å². The normalized spacial score (nSPS) is 34.3. The molecule has 4 atom stereocenters. The van der Waals surface area contributed by atoms with E-state index in [4.69, 9.17) is 0 Å². The van der Waals surface area contributed by atoms with Gasteiger partial charge in [0, 0.05) is 24.5 Å². The molecule has 4 unspecified atom stereocenters. The second kappa shape index (κ2) is 7.78. The summed E-state index contributed by atoms with van der Waals surface area (Å²) >= 11 is 0. The van der Waals surface area contributed by atoms with E-state index in [0.717, 1.165) is 13.0 Å². The van der Waals surface area contributed by atoms with E-state index in [2.05, 4.69) is 45.3 Å². The number of nitrogens with one attached hydrogen (secondary N) is 2. The summed E-state index contributed by atoms with van der Waals surface area (Å²) in [5.74, 6) is 1.26. The molecule has 3 fully saturated rings. The third-order valence-corrected chi connectivity index (χ3v) is 5.37. The molecule has 4 heteroatoms. The Kier molecular flexibility index (Phi) is 6.27. The summed E-state index contributed by atoms with van der Waals surface area (Å²) in [7, 11) is 0. The Morgan fingerprint density at radius 1 is 1.09 bits per heavy atom. The summed E-state index contributed by atoms with van der Waals surface area (Å²) in [6, 6.07) is 0.762. The van der Waals surface area contributed by atoms with E-state index in [1.165, 1.54) is 25.7 Å². The summed E-state index contributed by atoms with van der Waals surface area (Å²) < 4.78 is 0. The third-order valence-electron chi connectivity index (χ3n) is 5.37. The number of amides is 1. The van der Waals surface area contributed by atoms with Crippen molar-refractivity contribution in [1.82, 2.24) is 15.5 Å². The van der Waals surface area contributed by atoms with Crippen LogP contribution in [0.3, 0.4) is 0 Å². The molecule has 2 heterocycles. The fourth-order valence-electron chi connectivity index (χ4n) is 3.56. The van der Waals surface area contributed by atoms with E-state index in [-0.39, 0.29) is 12.2 Å². The van der Waals surface area contributed by atoms with Crippen LogP contribution in [-0.4, -0.2) is 41.6 Å². The average Bonchev–Trinajstić information content (AvgIpc) is 2.73. The number of carbonyl (C=O) groups excluding carboxylic acids is 1. The second-order valence-electron chi connectivity index (χ2n) is 7.70. The van der Waals surface area contributed by atoms with Crippen molar-refractivity contribution >= 4 is 5.91 Å². The molecule has 0 aromatic heterocycles. The number of rotatable bonds is 3. The lowest BCUT2D eigenvalue weighted by Gasteiger charge is -2.41. The van der Waals surface area contributed by atoms with Crippen molar-refractivity contribution in [3.05, 3.63) is 0 Å². The van der Waals surface area contributed by atoms with Gasteiger partial charge in [0.25, 0.3) is 0 Å². The SMILES string of the molecule is C1CCC1.CCC1NC2C(=O)N(C(C)C)CC2C(C(C)C)N1. The van der Waals surface area contributed by atoms with Gasteiger partial charge in [-0.15, -0.1) is 0 Å². The van der Waals surface area contributed by atoms with E-state index in [9.17, 15) is 4.79 Å². The van der Waals surface area contributed by atoms with Crippen molar-refractivity contribution in [3.8, 4) is 0 Å². The molecular weight excluding hydrogens is 274 g/mol. The predicted molar refractivity (Wildman–Crippen MR) is 91.6 cm³/mol. The zero-order valence-electron chi connectivity index (χ0n) is 15.1. The number of hydrogen-bond acceptors (Lipinski definition) is 3. The Morgan fingerprint density at radius 3 is 2.09 bits per heavy atom. The molecular formula is C18H35N3O. The van der Waals surface area contributed by atoms with Gasteiger partial charge in [0.2, 0.25) is 5.91 Å². The molecule has 22 heavy (non-hydrogen) atoms. The molecule has 0 radical (unpaired) electrons. The largest absolute Gasteiger partial charge is 0.338 e. The van der Waals surface area contributed by atoms with Crippen LogP contribution < -0.4 is 10.6 Å². The van der Waals surface area contributed by atoms with E-state index in [0.29, 0.717) is 29.8 Å². The maximum Gasteiger partial charge on any atom is 0.240 e. The van der Waals surface area contributed by atoms with Gasteiger partial charge in [0.15, 0.2) is 0 Å². The number of hydrogen-bond donors (Lipinski definition) is 2. The molecule has 3 rings (SSSR count). The van der Waals surface area contributed by atoms with Gasteiger partial charge in [-0.3, -0.25) is 15.4 Å². The van der Waals surface area contributed by atoms with Gasteiger partial charge in [0.05, 0.1) is 12.2 Å². The summed E-state index contributed by atoms with van der Waals surface area (Å²) in [5.41, 5.74) is 0. The summed E-state index contributed by atoms with van der Waals surface area (Å²) in [6.45, 7) is 11.7. The zero-order chi connectivity index (χ0) is 16.3. The predicted octanol–water partition coefficient (Wildman–Crippen LogP) is 2.74. The van der Waals surface area contributed by atoms with Gasteiger partial charge in [-0.05, 0) is 26.2 Å². The van der Waals surface area contributed by atoms with Crippen LogP contribution in [-0.2, 0) is 4.79 Å². The number of carbonyl (C=O) groups is 1. The molecule has 4 nitrogen and oxygen atoms in total. The van der Waals surface area contributed by atoms with Gasteiger partial charge in [-0.1, -0.05) is 46.5 Å². The first-order chi connectivity index (χ1) is 10.5. The first-order valence-corrected chi connectivity index (χ1v) is 9.28. The van der Waals surface area contributed by atoms with Gasteiger partial charge in [-0.2, -0.15) is 0 Å². The molecule has 0 aromatic carbocycles. The monoisotopic (exact) mass is 309 g/mol. The summed E-state index contributed by atoms with van der Waals surface area (Å²) in [5, 5.41) is 7.15. The quantitative estimate of drug-likeness (QED) is 0.842. The minimum Gasteiger partial charge on any atom is -0.338 e. The smallest absolute Gasteiger partial charge is 0.240 e. The Morgan fingerprint density at radius 2 is 1.68 bits per heavy atom. The maximum absolute atomic E-state index is 12.4. The molecule has 0 bridgehead atoms. The third kappa shape index (κ3) is 3.83. The van der Waals surface area contributed by atoms with Crippen LogP contribution >= 0.6 is 0 Å². The molecule has 0 spiro atoms. The molecule has 3 aliphatic rings. The molecule has 2 saturated heterocycles. The standard InChI is InChI=1S/C14H27N3O.C4H8/c1-6-11-15-12(8(2)3)10-7-17(9(4)5)14(18)13(10)16-11;1-2-4-3-1/h8-13,15-16H,6-7H2,1-5H3;1-4H2. The van der Waals surface area contributed by atoms with Gasteiger partial charge in [0.1, 0.15) is 0 Å². The fraction of sp³-hybridized carbons (Fsp3) is 0.944. The average molecular weight is 309 g/mol. The number of likely N-dealkylation sites (tertiary alicyclic amines) is 1. The van der Waals surface area contributed by atoms with E-state index in [1.54, 1.807) is 0 Å². The summed E-state index contributed by atoms with van der Waals surface area (Å²) in [4.78, 5) is 14.5. The highest BCUT2D eigenvalue weighted by molar-refractivity contribution is 5.85. The van der Waals surface area contributed by atoms with Gasteiger partial charge in [-0.25, -0.2) is 0 Å². The number of fused-ring (bicyclic) bond motifs is 1. The van der Waals surface area contributed by atoms with E-state index >= 15 is 0 Å². The van der Waals surface area contributed by atoms with Crippen molar-refractivity contribution in [2.24, 2.45) is 11.8 Å². The van der Waals surface area contributed by atoms with Crippen LogP contribution in [0, 0.1) is 11.8 Å². The molecule has 2 aliphatic heterocycles. The highest BCUT2D eigenvalue weighted by Gasteiger charge is 2.49. The van der Waals surface area contributed by atoms with Gasteiger partial charge < -0.3 is 4.90 Å². The van der Waals surface area contributed by atoms with Crippen molar-refractivity contribution in [3.63, 3.8) is 0 Å². The second-order valence-corrected chi connectivity index (χ2v) is 7.70. The first-order valence-electron chi connectivity index (χ1n) is 9.28. The highest BCUT2D eigenvalue weighted by atomic mass is 16.2. The Hall–Kier alpha value is -0.610. The minimum absolute atomic E-state index is 0.0194. The zero-order valence-corrected chi connectivity index (χ0v) is 15.1. The highest BCUT2D eigenvalue weighted by Crippen LogP contribution is 2.30. The van der Waals surface area contributed by atoms with Crippen LogP contribution in [0.5, 0.6) is 0 Å². The van der Waals surface area contributed by atoms with E-state index < -0.39 is 0 Å². The van der Waals surface area contributed by atoms with E-state index in [1.807, 2.05) is 4.90 Å². The lowest BCUT2D eigenvalue weighted by atomic mass is 9.84. The molecule has 1 saturated carbocycles. The van der Waals surface area contributed by atoms with Crippen LogP contribution in [0.4, 0.5) is 0 Å². The fourth-order valence-corrected chi connectivity index (χ4v) is 3.56. The Bertz CT molecular complexity index is 361. The van der Waals surface area contributed by atoms with Crippen molar-refractivity contribution in [2.75, 3.05) is 6.54 Å². The Balaban J connectivity index is 0.000000381.